The van der Waals surface area contributed by atoms with Gasteiger partial charge in [-0.3, -0.25) is 4.68 Å². The summed E-state index contributed by atoms with van der Waals surface area (Å²) in [6, 6.07) is 0.00417. The van der Waals surface area contributed by atoms with Gasteiger partial charge >= 0.3 is 0 Å². The maximum Gasteiger partial charge on any atom is 0.0850 e. The SMILES string of the molecule is CCc1nn(CC)c(CC(N)C2CCCCO2)c1Cl. The van der Waals surface area contributed by atoms with Crippen LogP contribution < -0.4 is 5.73 Å². The zero-order valence-corrected chi connectivity index (χ0v) is 12.6. The van der Waals surface area contributed by atoms with Crippen molar-refractivity contribution in [2.45, 2.75) is 64.6 Å². The molecule has 5 heteroatoms. The van der Waals surface area contributed by atoms with Crippen LogP contribution in [-0.4, -0.2) is 28.5 Å². The molecule has 0 spiro atoms. The highest BCUT2D eigenvalue weighted by Gasteiger charge is 2.24. The smallest absolute Gasteiger partial charge is 0.0850 e. The Morgan fingerprint density at radius 2 is 2.26 bits per heavy atom. The number of aryl methyl sites for hydroxylation is 2. The highest BCUT2D eigenvalue weighted by molar-refractivity contribution is 6.31. The minimum absolute atomic E-state index is 0.00417. The van der Waals surface area contributed by atoms with Crippen LogP contribution in [-0.2, 0) is 24.1 Å². The molecule has 1 fully saturated rings. The van der Waals surface area contributed by atoms with E-state index in [-0.39, 0.29) is 12.1 Å². The van der Waals surface area contributed by atoms with Crippen LogP contribution in [0.15, 0.2) is 0 Å². The molecule has 0 radical (unpaired) electrons. The van der Waals surface area contributed by atoms with Gasteiger partial charge in [0.2, 0.25) is 0 Å². The Morgan fingerprint density at radius 3 is 2.84 bits per heavy atom. The lowest BCUT2D eigenvalue weighted by atomic mass is 9.99. The van der Waals surface area contributed by atoms with Crippen LogP contribution in [0.3, 0.4) is 0 Å². The second-order valence-electron chi connectivity index (χ2n) is 5.15. The molecule has 2 atom stereocenters. The van der Waals surface area contributed by atoms with Gasteiger partial charge in [0, 0.05) is 25.6 Å². The van der Waals surface area contributed by atoms with Crippen LogP contribution in [0.1, 0.15) is 44.5 Å². The number of aromatic nitrogens is 2. The molecule has 2 heterocycles. The van der Waals surface area contributed by atoms with Crippen molar-refractivity contribution in [3.63, 3.8) is 0 Å². The van der Waals surface area contributed by atoms with E-state index in [9.17, 15) is 0 Å². The first-order valence-corrected chi connectivity index (χ1v) is 7.66. The van der Waals surface area contributed by atoms with Crippen molar-refractivity contribution in [2.75, 3.05) is 6.61 Å². The summed E-state index contributed by atoms with van der Waals surface area (Å²) in [7, 11) is 0. The summed E-state index contributed by atoms with van der Waals surface area (Å²) >= 11 is 6.41. The van der Waals surface area contributed by atoms with Crippen molar-refractivity contribution in [3.8, 4) is 0 Å². The van der Waals surface area contributed by atoms with E-state index in [1.54, 1.807) is 0 Å². The molecular formula is C14H24ClN3O. The number of rotatable bonds is 5. The van der Waals surface area contributed by atoms with Gasteiger partial charge in [0.15, 0.2) is 0 Å². The zero-order chi connectivity index (χ0) is 13.8. The maximum atomic E-state index is 6.41. The number of nitrogens with two attached hydrogens (primary N) is 1. The standard InChI is InChI=1S/C14H24ClN3O/c1-3-11-14(15)12(18(4-2)17-11)9-10(16)13-7-5-6-8-19-13/h10,13H,3-9,16H2,1-2H3. The van der Waals surface area contributed by atoms with Crippen molar-refractivity contribution in [1.82, 2.24) is 9.78 Å². The van der Waals surface area contributed by atoms with Crippen LogP contribution in [0.5, 0.6) is 0 Å². The number of hydrogen-bond donors (Lipinski definition) is 1. The summed E-state index contributed by atoms with van der Waals surface area (Å²) in [5.41, 5.74) is 8.32. The van der Waals surface area contributed by atoms with E-state index in [1.807, 2.05) is 4.68 Å². The highest BCUT2D eigenvalue weighted by Crippen LogP contribution is 2.25. The van der Waals surface area contributed by atoms with Crippen molar-refractivity contribution in [2.24, 2.45) is 5.73 Å². The lowest BCUT2D eigenvalue weighted by Crippen LogP contribution is -2.41. The van der Waals surface area contributed by atoms with Gasteiger partial charge < -0.3 is 10.5 Å². The van der Waals surface area contributed by atoms with E-state index in [1.165, 1.54) is 6.42 Å². The topological polar surface area (TPSA) is 53.1 Å². The van der Waals surface area contributed by atoms with E-state index in [2.05, 4.69) is 18.9 Å². The molecule has 0 bridgehead atoms. The summed E-state index contributed by atoms with van der Waals surface area (Å²) in [4.78, 5) is 0. The third-order valence-electron chi connectivity index (χ3n) is 3.82. The molecule has 1 saturated heterocycles. The molecule has 0 saturated carbocycles. The second-order valence-corrected chi connectivity index (χ2v) is 5.53. The van der Waals surface area contributed by atoms with Gasteiger partial charge in [-0.25, -0.2) is 0 Å². The predicted molar refractivity (Wildman–Crippen MR) is 77.6 cm³/mol. The van der Waals surface area contributed by atoms with E-state index in [0.29, 0.717) is 0 Å². The molecule has 2 rings (SSSR count). The Morgan fingerprint density at radius 1 is 1.47 bits per heavy atom. The highest BCUT2D eigenvalue weighted by atomic mass is 35.5. The summed E-state index contributed by atoms with van der Waals surface area (Å²) in [5.74, 6) is 0. The fourth-order valence-electron chi connectivity index (χ4n) is 2.67. The zero-order valence-electron chi connectivity index (χ0n) is 11.9. The summed E-state index contributed by atoms with van der Waals surface area (Å²) in [5, 5.41) is 5.32. The molecule has 1 aromatic heterocycles. The monoisotopic (exact) mass is 285 g/mol. The molecule has 0 aromatic carbocycles. The third kappa shape index (κ3) is 3.30. The Balaban J connectivity index is 2.10. The van der Waals surface area contributed by atoms with Crippen LogP contribution in [0.2, 0.25) is 5.02 Å². The third-order valence-corrected chi connectivity index (χ3v) is 4.25. The van der Waals surface area contributed by atoms with Gasteiger partial charge in [0.05, 0.1) is 22.5 Å². The average Bonchev–Trinajstić information content (AvgIpc) is 2.76. The normalized spacial score (nSPS) is 21.6. The summed E-state index contributed by atoms with van der Waals surface area (Å²) in [6.07, 6.45) is 5.17. The molecule has 19 heavy (non-hydrogen) atoms. The van der Waals surface area contributed by atoms with E-state index in [0.717, 1.165) is 55.2 Å². The number of nitrogens with zero attached hydrogens (tertiary/aromatic N) is 2. The van der Waals surface area contributed by atoms with Gasteiger partial charge in [-0.05, 0) is 32.6 Å². The molecule has 2 unspecified atom stereocenters. The number of halogens is 1. The van der Waals surface area contributed by atoms with E-state index in [4.69, 9.17) is 22.1 Å². The summed E-state index contributed by atoms with van der Waals surface area (Å²) in [6.45, 7) is 5.81. The first-order chi connectivity index (χ1) is 9.17. The first kappa shape index (κ1) is 14.8. The average molecular weight is 286 g/mol. The maximum absolute atomic E-state index is 6.41. The Hall–Kier alpha value is -0.580. The molecule has 108 valence electrons. The number of ether oxygens (including phenoxy) is 1. The van der Waals surface area contributed by atoms with Crippen LogP contribution in [0, 0.1) is 0 Å². The Kier molecular flexibility index (Phi) is 5.25. The minimum atomic E-state index is 0.00417. The lowest BCUT2D eigenvalue weighted by molar-refractivity contribution is 0.000306. The number of hydrogen-bond acceptors (Lipinski definition) is 3. The molecule has 4 nitrogen and oxygen atoms in total. The van der Waals surface area contributed by atoms with Gasteiger partial charge in [0.1, 0.15) is 0 Å². The van der Waals surface area contributed by atoms with Crippen molar-refractivity contribution in [3.05, 3.63) is 16.4 Å². The van der Waals surface area contributed by atoms with E-state index >= 15 is 0 Å². The van der Waals surface area contributed by atoms with Gasteiger partial charge in [-0.1, -0.05) is 18.5 Å². The molecule has 2 N–H and O–H groups in total. The van der Waals surface area contributed by atoms with Crippen molar-refractivity contribution in [1.29, 1.82) is 0 Å². The van der Waals surface area contributed by atoms with Crippen LogP contribution >= 0.6 is 11.6 Å². The summed E-state index contributed by atoms with van der Waals surface area (Å²) < 4.78 is 7.74. The van der Waals surface area contributed by atoms with Crippen molar-refractivity contribution >= 4 is 11.6 Å². The van der Waals surface area contributed by atoms with Gasteiger partial charge in [-0.15, -0.1) is 0 Å². The quantitative estimate of drug-likeness (QED) is 0.905. The van der Waals surface area contributed by atoms with Gasteiger partial charge in [0.25, 0.3) is 0 Å². The fraction of sp³-hybridized carbons (Fsp3) is 0.786. The molecule has 1 aromatic rings. The molecule has 1 aliphatic heterocycles. The molecule has 0 aliphatic carbocycles. The molecular weight excluding hydrogens is 262 g/mol. The minimum Gasteiger partial charge on any atom is -0.377 e. The largest absolute Gasteiger partial charge is 0.377 e. The lowest BCUT2D eigenvalue weighted by Gasteiger charge is -2.28. The van der Waals surface area contributed by atoms with Crippen LogP contribution in [0.4, 0.5) is 0 Å². The molecule has 0 amide bonds. The first-order valence-electron chi connectivity index (χ1n) is 7.28. The van der Waals surface area contributed by atoms with Crippen molar-refractivity contribution < 1.29 is 4.74 Å². The molecule has 1 aliphatic rings. The van der Waals surface area contributed by atoms with Crippen LogP contribution in [0.25, 0.3) is 0 Å². The Labute approximate surface area is 120 Å². The second kappa shape index (κ2) is 6.73. The van der Waals surface area contributed by atoms with E-state index < -0.39 is 0 Å². The Bertz CT molecular complexity index is 413. The van der Waals surface area contributed by atoms with Gasteiger partial charge in [-0.2, -0.15) is 5.10 Å². The predicted octanol–water partition coefficient (Wildman–Crippen LogP) is 2.56. The fourth-order valence-corrected chi connectivity index (χ4v) is 3.02.